The van der Waals surface area contributed by atoms with Crippen LogP contribution in [0.2, 0.25) is 5.02 Å². The lowest BCUT2D eigenvalue weighted by Gasteiger charge is -2.33. The van der Waals surface area contributed by atoms with Gasteiger partial charge in [0.15, 0.2) is 12.4 Å². The first-order valence-corrected chi connectivity index (χ1v) is 12.2. The molecule has 10 nitrogen and oxygen atoms in total. The normalized spacial score (nSPS) is 15.0. The number of hydrogen-bond acceptors (Lipinski definition) is 6. The smallest absolute Gasteiger partial charge is 0.274 e. The molecule has 0 unspecified atom stereocenters. The van der Waals surface area contributed by atoms with E-state index in [1.54, 1.807) is 41.3 Å². The molecule has 0 spiro atoms. The van der Waals surface area contributed by atoms with E-state index in [9.17, 15) is 18.4 Å². The van der Waals surface area contributed by atoms with Crippen LogP contribution in [0.15, 0.2) is 66.2 Å². The third-order valence-corrected chi connectivity index (χ3v) is 7.73. The number of benzene rings is 1. The zero-order valence-corrected chi connectivity index (χ0v) is 19.3. The third-order valence-electron chi connectivity index (χ3n) is 5.67. The van der Waals surface area contributed by atoms with Gasteiger partial charge in [-0.1, -0.05) is 11.6 Å². The lowest BCUT2D eigenvalue weighted by molar-refractivity contribution is -0.605. The maximum Gasteiger partial charge on any atom is 0.274 e. The van der Waals surface area contributed by atoms with Crippen LogP contribution in [0, 0.1) is 5.21 Å². The standard InChI is InChI=1S/C22H19ClN6O4S/c23-17-1-2-18-16(11-17)12-21(26-18)34(32,33)29-9-7-27(8-10-29)22(30)20-14-24-19(13-25-20)15-3-5-28(31)6-4-15/h1-6,11-14,26H,7-10H2. The van der Waals surface area contributed by atoms with Gasteiger partial charge in [0.2, 0.25) is 0 Å². The highest BCUT2D eigenvalue weighted by molar-refractivity contribution is 7.89. The van der Waals surface area contributed by atoms with E-state index in [4.69, 9.17) is 11.6 Å². The summed E-state index contributed by atoms with van der Waals surface area (Å²) < 4.78 is 28.2. The Balaban J connectivity index is 1.26. The van der Waals surface area contributed by atoms with Crippen molar-refractivity contribution in [3.63, 3.8) is 0 Å². The molecule has 174 valence electrons. The molecule has 1 N–H and O–H groups in total. The summed E-state index contributed by atoms with van der Waals surface area (Å²) in [7, 11) is -3.75. The number of aromatic amines is 1. The van der Waals surface area contributed by atoms with Gasteiger partial charge < -0.3 is 15.1 Å². The van der Waals surface area contributed by atoms with Crippen molar-refractivity contribution in [3.8, 4) is 11.3 Å². The van der Waals surface area contributed by atoms with E-state index in [0.29, 0.717) is 31.9 Å². The van der Waals surface area contributed by atoms with Crippen LogP contribution in [0.25, 0.3) is 22.2 Å². The predicted octanol–water partition coefficient (Wildman–Crippen LogP) is 2.06. The fraction of sp³-hybridized carbons (Fsp3) is 0.182. The molecule has 4 heterocycles. The van der Waals surface area contributed by atoms with Crippen molar-refractivity contribution in [2.45, 2.75) is 5.03 Å². The van der Waals surface area contributed by atoms with Gasteiger partial charge in [0, 0.05) is 59.8 Å². The molecule has 0 radical (unpaired) electrons. The van der Waals surface area contributed by atoms with Gasteiger partial charge in [0.05, 0.1) is 18.1 Å². The van der Waals surface area contributed by atoms with Crippen LogP contribution in [-0.4, -0.2) is 64.7 Å². The van der Waals surface area contributed by atoms with Gasteiger partial charge >= 0.3 is 0 Å². The molecule has 4 aromatic rings. The van der Waals surface area contributed by atoms with Crippen LogP contribution in [0.4, 0.5) is 0 Å². The SMILES string of the molecule is O=C(c1cnc(-c2cc[n+]([O-])cc2)cn1)N1CCN(S(=O)(=O)c2cc3cc(Cl)ccc3[nH]2)CC1. The predicted molar refractivity (Wildman–Crippen MR) is 124 cm³/mol. The average molecular weight is 499 g/mol. The van der Waals surface area contributed by atoms with E-state index in [1.807, 2.05) is 0 Å². The van der Waals surface area contributed by atoms with Crippen molar-refractivity contribution in [1.29, 1.82) is 0 Å². The van der Waals surface area contributed by atoms with Gasteiger partial charge in [-0.05, 0) is 24.3 Å². The van der Waals surface area contributed by atoms with Crippen molar-refractivity contribution in [3.05, 3.63) is 77.1 Å². The maximum atomic E-state index is 13.1. The minimum absolute atomic E-state index is 0.0920. The molecule has 1 aromatic carbocycles. The molecule has 0 aliphatic carbocycles. The number of H-pyrrole nitrogens is 1. The van der Waals surface area contributed by atoms with Crippen molar-refractivity contribution >= 4 is 38.4 Å². The first-order chi connectivity index (χ1) is 16.3. The highest BCUT2D eigenvalue weighted by Gasteiger charge is 2.32. The summed E-state index contributed by atoms with van der Waals surface area (Å²) in [6, 6.07) is 9.91. The Morgan fingerprint density at radius 1 is 1.03 bits per heavy atom. The molecular weight excluding hydrogens is 480 g/mol. The number of hydrogen-bond donors (Lipinski definition) is 1. The lowest BCUT2D eigenvalue weighted by Crippen LogP contribution is -2.50. The van der Waals surface area contributed by atoms with Crippen LogP contribution in [-0.2, 0) is 10.0 Å². The highest BCUT2D eigenvalue weighted by atomic mass is 35.5. The van der Waals surface area contributed by atoms with Gasteiger partial charge in [-0.25, -0.2) is 13.4 Å². The molecule has 3 aromatic heterocycles. The molecule has 0 atom stereocenters. The third kappa shape index (κ3) is 4.20. The number of pyridine rings is 1. The van der Waals surface area contributed by atoms with Gasteiger partial charge in [-0.2, -0.15) is 9.04 Å². The van der Waals surface area contributed by atoms with Gasteiger partial charge in [0.25, 0.3) is 15.9 Å². The van der Waals surface area contributed by atoms with Crippen molar-refractivity contribution in [1.82, 2.24) is 24.2 Å². The van der Waals surface area contributed by atoms with E-state index >= 15 is 0 Å². The van der Waals surface area contributed by atoms with Crippen LogP contribution >= 0.6 is 11.6 Å². The molecule has 0 saturated carbocycles. The minimum Gasteiger partial charge on any atom is -0.619 e. The molecular formula is C22H19ClN6O4S. The van der Waals surface area contributed by atoms with E-state index in [0.717, 1.165) is 0 Å². The quantitative estimate of drug-likeness (QED) is 0.339. The summed E-state index contributed by atoms with van der Waals surface area (Å²) in [6.07, 6.45) is 5.57. The van der Waals surface area contributed by atoms with E-state index in [2.05, 4.69) is 15.0 Å². The number of rotatable bonds is 4. The molecule has 12 heteroatoms. The Morgan fingerprint density at radius 2 is 1.76 bits per heavy atom. The lowest BCUT2D eigenvalue weighted by atomic mass is 10.2. The summed E-state index contributed by atoms with van der Waals surface area (Å²) in [5, 5.41) is 12.5. The largest absolute Gasteiger partial charge is 0.619 e. The number of aromatic nitrogens is 4. The number of piperazine rings is 1. The first kappa shape index (κ1) is 22.3. The molecule has 1 fully saturated rings. The molecule has 5 rings (SSSR count). The first-order valence-electron chi connectivity index (χ1n) is 10.4. The highest BCUT2D eigenvalue weighted by Crippen LogP contribution is 2.25. The Kier molecular flexibility index (Phi) is 5.68. The molecule has 1 amide bonds. The van der Waals surface area contributed by atoms with E-state index in [-0.39, 0.29) is 42.8 Å². The van der Waals surface area contributed by atoms with Gasteiger partial charge in [-0.15, -0.1) is 0 Å². The Labute approximate surface area is 200 Å². The molecule has 1 aliphatic heterocycles. The second-order valence-corrected chi connectivity index (χ2v) is 10.1. The van der Waals surface area contributed by atoms with Crippen molar-refractivity contribution < 1.29 is 17.9 Å². The molecule has 1 aliphatic rings. The van der Waals surface area contributed by atoms with Crippen molar-refractivity contribution in [2.75, 3.05) is 26.2 Å². The minimum atomic E-state index is -3.75. The van der Waals surface area contributed by atoms with Crippen LogP contribution < -0.4 is 4.73 Å². The topological polar surface area (TPSA) is 126 Å². The summed E-state index contributed by atoms with van der Waals surface area (Å²) in [4.78, 5) is 25.8. The number of amides is 1. The van der Waals surface area contributed by atoms with Crippen LogP contribution in [0.3, 0.4) is 0 Å². The van der Waals surface area contributed by atoms with E-state index in [1.165, 1.54) is 29.1 Å². The fourth-order valence-corrected chi connectivity index (χ4v) is 5.44. The Bertz CT molecular complexity index is 1460. The van der Waals surface area contributed by atoms with Gasteiger partial charge in [0.1, 0.15) is 10.7 Å². The number of carbonyl (C=O) groups excluding carboxylic acids is 1. The van der Waals surface area contributed by atoms with Crippen molar-refractivity contribution in [2.24, 2.45) is 0 Å². The monoisotopic (exact) mass is 498 g/mol. The van der Waals surface area contributed by atoms with Crippen LogP contribution in [0.5, 0.6) is 0 Å². The average Bonchev–Trinajstić information content (AvgIpc) is 3.28. The number of nitrogens with one attached hydrogen (secondary N) is 1. The Morgan fingerprint density at radius 3 is 2.44 bits per heavy atom. The fourth-order valence-electron chi connectivity index (χ4n) is 3.82. The number of fused-ring (bicyclic) bond motifs is 1. The van der Waals surface area contributed by atoms with E-state index < -0.39 is 10.0 Å². The molecule has 0 bridgehead atoms. The molecule has 34 heavy (non-hydrogen) atoms. The van der Waals surface area contributed by atoms with Gasteiger partial charge in [-0.3, -0.25) is 9.78 Å². The zero-order chi connectivity index (χ0) is 23.9. The second kappa shape index (κ2) is 8.67. The number of sulfonamides is 1. The summed E-state index contributed by atoms with van der Waals surface area (Å²) in [5.74, 6) is -0.318. The van der Waals surface area contributed by atoms with Crippen LogP contribution in [0.1, 0.15) is 10.5 Å². The number of carbonyl (C=O) groups is 1. The summed E-state index contributed by atoms with van der Waals surface area (Å²) in [5.41, 5.74) is 2.09. The Hall–Kier alpha value is -3.54. The second-order valence-electron chi connectivity index (χ2n) is 7.80. The maximum absolute atomic E-state index is 13.1. The molecule has 1 saturated heterocycles. The summed E-state index contributed by atoms with van der Waals surface area (Å²) >= 11 is 6.00. The number of halogens is 1. The zero-order valence-electron chi connectivity index (χ0n) is 17.8. The number of nitrogens with zero attached hydrogens (tertiary/aromatic N) is 5. The summed E-state index contributed by atoms with van der Waals surface area (Å²) in [6.45, 7) is 0.787.